The Morgan fingerprint density at radius 3 is 2.64 bits per heavy atom. The molecular formula is C8H13FN2. The highest BCUT2D eigenvalue weighted by atomic mass is 19.1. The highest BCUT2D eigenvalue weighted by molar-refractivity contribution is 4.93. The fourth-order valence-electron chi connectivity index (χ4n) is 1.56. The van der Waals surface area contributed by atoms with Gasteiger partial charge in [0.2, 0.25) is 0 Å². The fourth-order valence-corrected chi connectivity index (χ4v) is 1.56. The van der Waals surface area contributed by atoms with Gasteiger partial charge < -0.3 is 4.90 Å². The zero-order valence-corrected chi connectivity index (χ0v) is 6.92. The summed E-state index contributed by atoms with van der Waals surface area (Å²) < 4.78 is 12.8. The second-order valence-corrected chi connectivity index (χ2v) is 3.40. The van der Waals surface area contributed by atoms with Crippen LogP contribution in [0.1, 0.15) is 20.3 Å². The Hall–Kier alpha value is -0.780. The molecular weight excluding hydrogens is 143 g/mol. The third kappa shape index (κ3) is 1.62. The minimum absolute atomic E-state index is 0.120. The lowest BCUT2D eigenvalue weighted by atomic mass is 10.0. The lowest BCUT2D eigenvalue weighted by Gasteiger charge is -2.20. The molecule has 0 aromatic rings. The first-order valence-corrected chi connectivity index (χ1v) is 3.95. The van der Waals surface area contributed by atoms with Crippen LogP contribution in [0.2, 0.25) is 0 Å². The minimum Gasteiger partial charge on any atom is -0.304 e. The summed E-state index contributed by atoms with van der Waals surface area (Å²) in [6.45, 7) is 4.33. The van der Waals surface area contributed by atoms with Crippen molar-refractivity contribution < 1.29 is 4.39 Å². The van der Waals surface area contributed by atoms with Crippen LogP contribution in [-0.2, 0) is 0 Å². The van der Waals surface area contributed by atoms with Gasteiger partial charge in [-0.3, -0.25) is 0 Å². The van der Waals surface area contributed by atoms with Crippen molar-refractivity contribution in [2.75, 3.05) is 6.54 Å². The molecule has 62 valence electrons. The number of hydrogen-bond acceptors (Lipinski definition) is 2. The zero-order valence-electron chi connectivity index (χ0n) is 6.92. The molecule has 11 heavy (non-hydrogen) atoms. The number of rotatable bonds is 1. The summed E-state index contributed by atoms with van der Waals surface area (Å²) in [6.07, 6.45) is 1.73. The van der Waals surface area contributed by atoms with Crippen LogP contribution in [0.25, 0.3) is 0 Å². The largest absolute Gasteiger partial charge is 0.304 e. The highest BCUT2D eigenvalue weighted by Crippen LogP contribution is 2.24. The van der Waals surface area contributed by atoms with Gasteiger partial charge in [0.05, 0.1) is 6.54 Å². The summed E-state index contributed by atoms with van der Waals surface area (Å²) >= 11 is 0. The van der Waals surface area contributed by atoms with Crippen molar-refractivity contribution in [3.63, 3.8) is 0 Å². The smallest absolute Gasteiger partial charge is 0.179 e. The van der Waals surface area contributed by atoms with Crippen LogP contribution in [0.4, 0.5) is 4.39 Å². The molecule has 2 unspecified atom stereocenters. The van der Waals surface area contributed by atoms with Gasteiger partial charge in [-0.2, -0.15) is 5.26 Å². The second kappa shape index (κ2) is 3.08. The van der Waals surface area contributed by atoms with Crippen LogP contribution in [-0.4, -0.2) is 23.7 Å². The maximum atomic E-state index is 12.8. The van der Waals surface area contributed by atoms with Gasteiger partial charge in [-0.1, -0.05) is 13.8 Å². The monoisotopic (exact) mass is 156 g/mol. The average Bonchev–Trinajstić information content (AvgIpc) is 2.30. The van der Waals surface area contributed by atoms with E-state index in [0.29, 0.717) is 18.9 Å². The number of hydrogen-bond donors (Lipinski definition) is 0. The molecule has 3 heteroatoms. The van der Waals surface area contributed by atoms with Crippen molar-refractivity contribution in [3.05, 3.63) is 0 Å². The average molecular weight is 156 g/mol. The predicted molar refractivity (Wildman–Crippen MR) is 40.5 cm³/mol. The number of nitrogens with zero attached hydrogens (tertiary/aromatic N) is 2. The summed E-state index contributed by atoms with van der Waals surface area (Å²) in [7, 11) is 0. The molecule has 2 nitrogen and oxygen atoms in total. The van der Waals surface area contributed by atoms with Crippen molar-refractivity contribution in [1.82, 2.24) is 4.90 Å². The van der Waals surface area contributed by atoms with Gasteiger partial charge in [-0.25, -0.2) is 4.39 Å². The van der Waals surface area contributed by atoms with Crippen LogP contribution in [0, 0.1) is 17.4 Å². The molecule has 1 saturated heterocycles. The van der Waals surface area contributed by atoms with E-state index in [1.807, 2.05) is 20.0 Å². The zero-order chi connectivity index (χ0) is 8.43. The molecule has 0 aromatic heterocycles. The van der Waals surface area contributed by atoms with Gasteiger partial charge in [0.25, 0.3) is 0 Å². The molecule has 0 aromatic carbocycles. The standard InChI is InChI=1S/C8H13FN2/c1-6(2)8-3-7(9)4-11(8)5-10/h6-8H,3-4H2,1-2H3. The topological polar surface area (TPSA) is 27.0 Å². The summed E-state index contributed by atoms with van der Waals surface area (Å²) in [5.41, 5.74) is 0. The molecule has 0 radical (unpaired) electrons. The number of alkyl halides is 1. The molecule has 1 aliphatic heterocycles. The van der Waals surface area contributed by atoms with Crippen LogP contribution in [0.15, 0.2) is 0 Å². The van der Waals surface area contributed by atoms with Crippen molar-refractivity contribution in [2.45, 2.75) is 32.5 Å². The van der Waals surface area contributed by atoms with Crippen LogP contribution in [0.3, 0.4) is 0 Å². The Balaban J connectivity index is 2.59. The van der Waals surface area contributed by atoms with Crippen LogP contribution >= 0.6 is 0 Å². The van der Waals surface area contributed by atoms with E-state index in [9.17, 15) is 4.39 Å². The third-order valence-electron chi connectivity index (χ3n) is 2.19. The Morgan fingerprint density at radius 2 is 2.27 bits per heavy atom. The van der Waals surface area contributed by atoms with Crippen molar-refractivity contribution in [3.8, 4) is 6.19 Å². The maximum Gasteiger partial charge on any atom is 0.179 e. The summed E-state index contributed by atoms with van der Waals surface area (Å²) in [5.74, 6) is 0.371. The van der Waals surface area contributed by atoms with E-state index in [1.165, 1.54) is 0 Å². The van der Waals surface area contributed by atoms with E-state index in [0.717, 1.165) is 0 Å². The van der Waals surface area contributed by atoms with Gasteiger partial charge in [0.1, 0.15) is 6.17 Å². The Labute approximate surface area is 66.6 Å². The van der Waals surface area contributed by atoms with Crippen molar-refractivity contribution >= 4 is 0 Å². The lowest BCUT2D eigenvalue weighted by Crippen LogP contribution is -2.28. The molecule has 1 fully saturated rings. The van der Waals surface area contributed by atoms with Crippen LogP contribution < -0.4 is 0 Å². The molecule has 0 saturated carbocycles. The summed E-state index contributed by atoms with van der Waals surface area (Å²) in [6, 6.07) is 0.120. The van der Waals surface area contributed by atoms with Gasteiger partial charge in [-0.05, 0) is 5.92 Å². The number of nitriles is 1. The van der Waals surface area contributed by atoms with Crippen LogP contribution in [0.5, 0.6) is 0 Å². The molecule has 1 rings (SSSR count). The Bertz CT molecular complexity index is 173. The molecule has 0 spiro atoms. The first-order chi connectivity index (χ1) is 5.15. The molecule has 1 aliphatic rings. The van der Waals surface area contributed by atoms with Gasteiger partial charge >= 0.3 is 0 Å². The van der Waals surface area contributed by atoms with Gasteiger partial charge in [-0.15, -0.1) is 0 Å². The second-order valence-electron chi connectivity index (χ2n) is 3.40. The van der Waals surface area contributed by atoms with E-state index < -0.39 is 6.17 Å². The minimum atomic E-state index is -0.804. The number of halogens is 1. The van der Waals surface area contributed by atoms with Gasteiger partial charge in [0, 0.05) is 12.5 Å². The summed E-state index contributed by atoms with van der Waals surface area (Å²) in [4.78, 5) is 1.55. The molecule has 1 heterocycles. The summed E-state index contributed by atoms with van der Waals surface area (Å²) in [5, 5.41) is 8.61. The SMILES string of the molecule is CC(C)C1CC(F)CN1C#N. The van der Waals surface area contributed by atoms with E-state index in [4.69, 9.17) is 5.26 Å². The fraction of sp³-hybridized carbons (Fsp3) is 0.875. The third-order valence-corrected chi connectivity index (χ3v) is 2.19. The molecule has 0 N–H and O–H groups in total. The van der Waals surface area contributed by atoms with E-state index >= 15 is 0 Å². The first kappa shape index (κ1) is 8.32. The van der Waals surface area contributed by atoms with Gasteiger partial charge in [0.15, 0.2) is 6.19 Å². The molecule has 0 aliphatic carbocycles. The van der Waals surface area contributed by atoms with E-state index in [2.05, 4.69) is 0 Å². The Morgan fingerprint density at radius 1 is 1.64 bits per heavy atom. The normalized spacial score (nSPS) is 31.0. The predicted octanol–water partition coefficient (Wildman–Crippen LogP) is 1.54. The van der Waals surface area contributed by atoms with Crippen molar-refractivity contribution in [1.29, 1.82) is 5.26 Å². The first-order valence-electron chi connectivity index (χ1n) is 3.95. The maximum absolute atomic E-state index is 12.8. The van der Waals surface area contributed by atoms with E-state index in [-0.39, 0.29) is 6.04 Å². The highest BCUT2D eigenvalue weighted by Gasteiger charge is 2.33. The molecule has 0 bridgehead atoms. The lowest BCUT2D eigenvalue weighted by molar-refractivity contribution is 0.290. The Kier molecular flexibility index (Phi) is 2.33. The quantitative estimate of drug-likeness (QED) is 0.538. The van der Waals surface area contributed by atoms with Crippen molar-refractivity contribution in [2.24, 2.45) is 5.92 Å². The van der Waals surface area contributed by atoms with E-state index in [1.54, 1.807) is 4.90 Å². The number of likely N-dealkylation sites (tertiary alicyclic amines) is 1. The molecule has 0 amide bonds. The molecule has 2 atom stereocenters.